The molecule has 0 aliphatic carbocycles. The Bertz CT molecular complexity index is 980. The van der Waals surface area contributed by atoms with E-state index in [0.29, 0.717) is 6.42 Å². The first-order valence-electron chi connectivity index (χ1n) is 7.59. The Morgan fingerprint density at radius 1 is 1.12 bits per heavy atom. The maximum atomic E-state index is 12.8. The average Bonchev–Trinajstić information content (AvgIpc) is 3.13. The van der Waals surface area contributed by atoms with Crippen LogP contribution < -0.4 is 5.48 Å². The molecule has 6 nitrogen and oxygen atoms in total. The van der Waals surface area contributed by atoms with Crippen molar-refractivity contribution >= 4 is 10.0 Å². The third-order valence-electron chi connectivity index (χ3n) is 3.70. The monoisotopic (exact) mass is 355 g/mol. The van der Waals surface area contributed by atoms with Gasteiger partial charge in [-0.15, -0.1) is 0 Å². The molecule has 1 aromatic carbocycles. The Balaban J connectivity index is 1.92. The van der Waals surface area contributed by atoms with Gasteiger partial charge in [-0.25, -0.2) is 12.4 Å². The minimum absolute atomic E-state index is 0.219. The quantitative estimate of drug-likeness (QED) is 0.664. The first-order valence-corrected chi connectivity index (χ1v) is 9.03. The fraction of sp³-hybridized carbons (Fsp3) is 0.0556. The summed E-state index contributed by atoms with van der Waals surface area (Å²) in [7, 11) is -3.67. The van der Waals surface area contributed by atoms with E-state index in [1.807, 2.05) is 23.7 Å². The van der Waals surface area contributed by atoms with Crippen LogP contribution in [0.5, 0.6) is 0 Å². The third kappa shape index (κ3) is 3.78. The highest BCUT2D eigenvalue weighted by Crippen LogP contribution is 2.23. The van der Waals surface area contributed by atoms with E-state index in [0.717, 1.165) is 16.7 Å². The molecule has 0 fully saturated rings. The molecule has 128 valence electrons. The molecule has 2 N–H and O–H groups in total. The summed E-state index contributed by atoms with van der Waals surface area (Å²) in [4.78, 5) is 4.19. The van der Waals surface area contributed by atoms with Crippen molar-refractivity contribution in [3.63, 3.8) is 0 Å². The Morgan fingerprint density at radius 3 is 2.68 bits per heavy atom. The number of allylic oxidation sites excluding steroid dienone is 1. The summed E-state index contributed by atoms with van der Waals surface area (Å²) >= 11 is 0. The Morgan fingerprint density at radius 2 is 1.92 bits per heavy atom. The standard InChI is InChI=1S/C18H17N3O3S/c22-20-9-2-3-15-8-12-21(14-15)25(23,24)18-5-1-4-17(13-18)16-6-10-19-11-7-16/h1-2,4-14,20,22H,3H2/b9-2+. The number of benzene rings is 1. The number of rotatable bonds is 6. The highest BCUT2D eigenvalue weighted by atomic mass is 32.2. The lowest BCUT2D eigenvalue weighted by Gasteiger charge is -2.08. The molecule has 3 aromatic rings. The average molecular weight is 355 g/mol. The first-order chi connectivity index (χ1) is 12.1. The number of hydrogen-bond acceptors (Lipinski definition) is 5. The Kier molecular flexibility index (Phi) is 4.97. The lowest BCUT2D eigenvalue weighted by Crippen LogP contribution is -2.11. The van der Waals surface area contributed by atoms with Crippen LogP contribution in [0, 0.1) is 0 Å². The molecule has 0 aliphatic heterocycles. The molecule has 0 amide bonds. The molecule has 2 heterocycles. The summed E-state index contributed by atoms with van der Waals surface area (Å²) in [6, 6.07) is 12.2. The second kappa shape index (κ2) is 7.33. The van der Waals surface area contributed by atoms with E-state index in [9.17, 15) is 8.42 Å². The van der Waals surface area contributed by atoms with E-state index in [1.54, 1.807) is 48.9 Å². The van der Waals surface area contributed by atoms with Crippen molar-refractivity contribution in [2.45, 2.75) is 11.3 Å². The molecule has 0 unspecified atom stereocenters. The molecular weight excluding hydrogens is 338 g/mol. The summed E-state index contributed by atoms with van der Waals surface area (Å²) in [6.45, 7) is 0. The lowest BCUT2D eigenvalue weighted by molar-refractivity contribution is 0.214. The van der Waals surface area contributed by atoms with Crippen LogP contribution in [0.4, 0.5) is 0 Å². The van der Waals surface area contributed by atoms with Gasteiger partial charge in [0, 0.05) is 31.0 Å². The van der Waals surface area contributed by atoms with Crippen LogP contribution >= 0.6 is 0 Å². The second-order valence-electron chi connectivity index (χ2n) is 5.35. The van der Waals surface area contributed by atoms with Crippen LogP contribution in [0.25, 0.3) is 11.1 Å². The van der Waals surface area contributed by atoms with Crippen molar-refractivity contribution in [3.05, 3.63) is 85.1 Å². The van der Waals surface area contributed by atoms with E-state index in [1.165, 1.54) is 16.4 Å². The number of pyridine rings is 1. The SMILES string of the molecule is O=S(=O)(c1cccc(-c2ccncc2)c1)n1ccc(C/C=C/NO)c1. The van der Waals surface area contributed by atoms with Crippen molar-refractivity contribution in [2.75, 3.05) is 0 Å². The summed E-state index contributed by atoms with van der Waals surface area (Å²) in [5.74, 6) is 0. The van der Waals surface area contributed by atoms with E-state index in [-0.39, 0.29) is 4.90 Å². The fourth-order valence-corrected chi connectivity index (χ4v) is 3.70. The van der Waals surface area contributed by atoms with Gasteiger partial charge in [0.15, 0.2) is 0 Å². The van der Waals surface area contributed by atoms with Crippen molar-refractivity contribution in [1.29, 1.82) is 0 Å². The van der Waals surface area contributed by atoms with E-state index >= 15 is 0 Å². The van der Waals surface area contributed by atoms with Gasteiger partial charge in [-0.05, 0) is 53.4 Å². The van der Waals surface area contributed by atoms with Crippen molar-refractivity contribution in [1.82, 2.24) is 14.4 Å². The molecule has 0 bridgehead atoms. The summed E-state index contributed by atoms with van der Waals surface area (Å²) in [5, 5.41) is 8.51. The number of nitrogens with one attached hydrogen (secondary N) is 1. The van der Waals surface area contributed by atoms with Crippen LogP contribution in [0.2, 0.25) is 0 Å². The maximum absolute atomic E-state index is 12.8. The number of hydrogen-bond donors (Lipinski definition) is 2. The smallest absolute Gasteiger partial charge is 0.267 e. The van der Waals surface area contributed by atoms with Gasteiger partial charge in [0.1, 0.15) is 0 Å². The second-order valence-corrected chi connectivity index (χ2v) is 7.20. The fourth-order valence-electron chi connectivity index (χ4n) is 2.44. The zero-order valence-corrected chi connectivity index (χ0v) is 14.1. The first kappa shape index (κ1) is 16.9. The molecule has 0 saturated carbocycles. The highest BCUT2D eigenvalue weighted by molar-refractivity contribution is 7.90. The van der Waals surface area contributed by atoms with Gasteiger partial charge in [-0.3, -0.25) is 15.7 Å². The number of hydroxylamine groups is 1. The molecule has 0 saturated heterocycles. The van der Waals surface area contributed by atoms with E-state index in [4.69, 9.17) is 5.21 Å². The van der Waals surface area contributed by atoms with Crippen molar-refractivity contribution < 1.29 is 13.6 Å². The lowest BCUT2D eigenvalue weighted by atomic mass is 10.1. The molecule has 2 aromatic heterocycles. The van der Waals surface area contributed by atoms with Gasteiger partial charge in [-0.2, -0.15) is 0 Å². The summed E-state index contributed by atoms with van der Waals surface area (Å²) < 4.78 is 26.9. The normalized spacial score (nSPS) is 11.7. The Labute approximate surface area is 146 Å². The van der Waals surface area contributed by atoms with Crippen molar-refractivity contribution in [2.24, 2.45) is 0 Å². The largest absolute Gasteiger partial charge is 0.292 e. The minimum Gasteiger partial charge on any atom is -0.292 e. The highest BCUT2D eigenvalue weighted by Gasteiger charge is 2.17. The maximum Gasteiger partial charge on any atom is 0.267 e. The van der Waals surface area contributed by atoms with Gasteiger partial charge in [0.05, 0.1) is 4.90 Å². The van der Waals surface area contributed by atoms with Crippen LogP contribution in [0.15, 0.2) is 84.4 Å². The van der Waals surface area contributed by atoms with Crippen molar-refractivity contribution in [3.8, 4) is 11.1 Å². The van der Waals surface area contributed by atoms with Gasteiger partial charge >= 0.3 is 0 Å². The summed E-state index contributed by atoms with van der Waals surface area (Å²) in [5.41, 5.74) is 4.45. The number of aromatic nitrogens is 2. The molecule has 0 aliphatic rings. The molecular formula is C18H17N3O3S. The Hall–Kier alpha value is -2.90. The molecule has 3 rings (SSSR count). The topological polar surface area (TPSA) is 84.2 Å². The zero-order valence-electron chi connectivity index (χ0n) is 13.3. The molecule has 0 spiro atoms. The van der Waals surface area contributed by atoms with Gasteiger partial charge in [0.2, 0.25) is 0 Å². The summed E-state index contributed by atoms with van der Waals surface area (Å²) in [6.07, 6.45) is 10.0. The molecule has 0 radical (unpaired) electrons. The van der Waals surface area contributed by atoms with Crippen LogP contribution in [0.1, 0.15) is 5.56 Å². The third-order valence-corrected chi connectivity index (χ3v) is 5.33. The van der Waals surface area contributed by atoms with Gasteiger partial charge < -0.3 is 0 Å². The molecule has 7 heteroatoms. The van der Waals surface area contributed by atoms with Crippen LogP contribution in [0.3, 0.4) is 0 Å². The van der Waals surface area contributed by atoms with Crippen LogP contribution in [-0.2, 0) is 16.4 Å². The van der Waals surface area contributed by atoms with Gasteiger partial charge in [0.25, 0.3) is 10.0 Å². The number of nitrogens with zero attached hydrogens (tertiary/aromatic N) is 2. The predicted octanol–water partition coefficient (Wildman–Crippen LogP) is 2.82. The predicted molar refractivity (Wildman–Crippen MR) is 94.5 cm³/mol. The zero-order chi connectivity index (χ0) is 17.7. The van der Waals surface area contributed by atoms with Crippen LogP contribution in [-0.4, -0.2) is 22.6 Å². The van der Waals surface area contributed by atoms with Gasteiger partial charge in [-0.1, -0.05) is 18.2 Å². The van der Waals surface area contributed by atoms with E-state index < -0.39 is 10.0 Å². The molecule has 25 heavy (non-hydrogen) atoms. The minimum atomic E-state index is -3.67. The molecule has 0 atom stereocenters. The van der Waals surface area contributed by atoms with E-state index in [2.05, 4.69) is 4.98 Å².